The van der Waals surface area contributed by atoms with Gasteiger partial charge >= 0.3 is 0 Å². The van der Waals surface area contributed by atoms with Crippen molar-refractivity contribution in [3.63, 3.8) is 0 Å². The van der Waals surface area contributed by atoms with E-state index in [0.717, 1.165) is 30.6 Å². The van der Waals surface area contributed by atoms with Crippen molar-refractivity contribution in [1.29, 1.82) is 0 Å². The van der Waals surface area contributed by atoms with Gasteiger partial charge < -0.3 is 10.6 Å². The molecule has 7 nitrogen and oxygen atoms in total. The number of likely N-dealkylation sites (tertiary alicyclic amines) is 1. The minimum absolute atomic E-state index is 0.111. The van der Waals surface area contributed by atoms with Gasteiger partial charge in [0, 0.05) is 43.7 Å². The molecule has 3 aliphatic heterocycles. The van der Waals surface area contributed by atoms with E-state index in [0.29, 0.717) is 25.1 Å². The molecule has 26 heavy (non-hydrogen) atoms. The summed E-state index contributed by atoms with van der Waals surface area (Å²) in [6, 6.07) is 5.32. The first-order valence-electron chi connectivity index (χ1n) is 9.11. The number of benzene rings is 1. The van der Waals surface area contributed by atoms with Crippen LogP contribution in [-0.4, -0.2) is 52.2 Å². The Morgan fingerprint density at radius 3 is 2.81 bits per heavy atom. The molecule has 138 valence electrons. The van der Waals surface area contributed by atoms with Crippen LogP contribution in [0.1, 0.15) is 47.7 Å². The molecular weight excluding hydrogens is 332 g/mol. The van der Waals surface area contributed by atoms with Gasteiger partial charge in [-0.15, -0.1) is 0 Å². The number of hydrogen-bond acceptors (Lipinski definition) is 5. The molecule has 2 fully saturated rings. The van der Waals surface area contributed by atoms with Crippen molar-refractivity contribution in [2.45, 2.75) is 50.9 Å². The van der Waals surface area contributed by atoms with E-state index >= 15 is 0 Å². The van der Waals surface area contributed by atoms with Gasteiger partial charge in [-0.05, 0) is 30.9 Å². The van der Waals surface area contributed by atoms with Gasteiger partial charge in [0.2, 0.25) is 11.8 Å². The van der Waals surface area contributed by atoms with Crippen molar-refractivity contribution >= 4 is 17.7 Å². The second-order valence-corrected chi connectivity index (χ2v) is 7.97. The smallest absolute Gasteiger partial charge is 0.255 e. The van der Waals surface area contributed by atoms with E-state index in [2.05, 4.69) is 17.1 Å². The van der Waals surface area contributed by atoms with Crippen molar-refractivity contribution in [1.82, 2.24) is 15.1 Å². The summed E-state index contributed by atoms with van der Waals surface area (Å²) in [5.74, 6) is -0.753. The van der Waals surface area contributed by atoms with E-state index in [1.165, 1.54) is 0 Å². The Kier molecular flexibility index (Phi) is 4.08. The molecule has 2 atom stereocenters. The summed E-state index contributed by atoms with van der Waals surface area (Å²) in [4.78, 5) is 40.5. The van der Waals surface area contributed by atoms with Crippen LogP contribution in [-0.2, 0) is 22.7 Å². The Bertz CT molecular complexity index is 789. The number of carbonyl (C=O) groups is 3. The zero-order valence-electron chi connectivity index (χ0n) is 15.0. The number of nitrogens with zero attached hydrogens (tertiary/aromatic N) is 2. The Morgan fingerprint density at radius 2 is 2.12 bits per heavy atom. The summed E-state index contributed by atoms with van der Waals surface area (Å²) in [7, 11) is 0. The predicted molar refractivity (Wildman–Crippen MR) is 95.0 cm³/mol. The van der Waals surface area contributed by atoms with E-state index in [1.807, 2.05) is 18.2 Å². The Morgan fingerprint density at radius 1 is 1.31 bits per heavy atom. The molecule has 0 radical (unpaired) electrons. The van der Waals surface area contributed by atoms with Gasteiger partial charge in [0.25, 0.3) is 5.91 Å². The topological polar surface area (TPSA) is 95.7 Å². The van der Waals surface area contributed by atoms with Crippen LogP contribution in [0.15, 0.2) is 18.2 Å². The third-order valence-electron chi connectivity index (χ3n) is 5.62. The SMILES string of the molecule is C[C@@]1(N)CCN(Cc2cccc3c2C(=O)N(C2CCC(=O)NC2=O)C3)C1. The number of imide groups is 1. The number of hydrogen-bond donors (Lipinski definition) is 2. The van der Waals surface area contributed by atoms with Crippen LogP contribution < -0.4 is 11.1 Å². The molecule has 1 unspecified atom stereocenters. The van der Waals surface area contributed by atoms with Gasteiger partial charge in [0.15, 0.2) is 0 Å². The molecule has 0 bridgehead atoms. The average Bonchev–Trinajstić information content (AvgIpc) is 3.08. The van der Waals surface area contributed by atoms with E-state index < -0.39 is 6.04 Å². The summed E-state index contributed by atoms with van der Waals surface area (Å²) < 4.78 is 0. The van der Waals surface area contributed by atoms with Gasteiger partial charge in [-0.25, -0.2) is 0 Å². The standard InChI is InChI=1S/C19H24N4O3/c1-19(20)7-8-22(11-19)9-12-3-2-4-13-10-23(18(26)16(12)13)14-5-6-15(24)21-17(14)25/h2-4,14H,5-11,20H2,1H3,(H,21,24,25)/t14?,19-/m1/s1. The Balaban J connectivity index is 1.55. The third-order valence-corrected chi connectivity index (χ3v) is 5.62. The first kappa shape index (κ1) is 17.2. The molecule has 7 heteroatoms. The summed E-state index contributed by atoms with van der Waals surface area (Å²) in [6.45, 7) is 4.88. The van der Waals surface area contributed by atoms with Gasteiger partial charge in [0.05, 0.1) is 0 Å². The lowest BCUT2D eigenvalue weighted by Gasteiger charge is -2.29. The van der Waals surface area contributed by atoms with Crippen molar-refractivity contribution in [2.75, 3.05) is 13.1 Å². The highest BCUT2D eigenvalue weighted by Crippen LogP contribution is 2.31. The normalized spacial score (nSPS) is 29.2. The van der Waals surface area contributed by atoms with Gasteiger partial charge in [0.1, 0.15) is 6.04 Å². The van der Waals surface area contributed by atoms with Crippen LogP contribution in [0.2, 0.25) is 0 Å². The van der Waals surface area contributed by atoms with Crippen molar-refractivity contribution < 1.29 is 14.4 Å². The van der Waals surface area contributed by atoms with Crippen LogP contribution in [0.3, 0.4) is 0 Å². The molecule has 3 aliphatic rings. The molecule has 1 aromatic carbocycles. The highest BCUT2D eigenvalue weighted by atomic mass is 16.2. The molecule has 3 heterocycles. The summed E-state index contributed by atoms with van der Waals surface area (Å²) in [5, 5.41) is 2.34. The monoisotopic (exact) mass is 356 g/mol. The molecule has 3 N–H and O–H groups in total. The molecule has 4 rings (SSSR count). The maximum absolute atomic E-state index is 13.1. The van der Waals surface area contributed by atoms with Crippen LogP contribution in [0.5, 0.6) is 0 Å². The van der Waals surface area contributed by atoms with Gasteiger partial charge in [-0.3, -0.25) is 24.6 Å². The Labute approximate surface area is 152 Å². The fraction of sp³-hybridized carbons (Fsp3) is 0.526. The molecule has 0 saturated carbocycles. The summed E-state index contributed by atoms with van der Waals surface area (Å²) in [6.07, 6.45) is 1.60. The quantitative estimate of drug-likeness (QED) is 0.763. The average molecular weight is 356 g/mol. The van der Waals surface area contributed by atoms with Crippen molar-refractivity contribution in [3.8, 4) is 0 Å². The van der Waals surface area contributed by atoms with Gasteiger partial charge in [-0.2, -0.15) is 0 Å². The molecule has 0 aromatic heterocycles. The van der Waals surface area contributed by atoms with E-state index in [-0.39, 0.29) is 29.7 Å². The largest absolute Gasteiger partial charge is 0.324 e. The minimum atomic E-state index is -0.570. The minimum Gasteiger partial charge on any atom is -0.324 e. The number of rotatable bonds is 3. The van der Waals surface area contributed by atoms with Gasteiger partial charge in [-0.1, -0.05) is 18.2 Å². The first-order valence-corrected chi connectivity index (χ1v) is 9.11. The molecule has 2 saturated heterocycles. The number of piperidine rings is 1. The lowest BCUT2D eigenvalue weighted by Crippen LogP contribution is -2.52. The fourth-order valence-electron chi connectivity index (χ4n) is 4.28. The summed E-state index contributed by atoms with van der Waals surface area (Å²) >= 11 is 0. The number of fused-ring (bicyclic) bond motifs is 1. The summed E-state index contributed by atoms with van der Waals surface area (Å²) in [5.41, 5.74) is 8.69. The zero-order valence-corrected chi connectivity index (χ0v) is 15.0. The molecule has 1 aromatic rings. The van der Waals surface area contributed by atoms with E-state index in [1.54, 1.807) is 4.90 Å². The number of carbonyl (C=O) groups excluding carboxylic acids is 3. The number of amides is 3. The molecule has 0 spiro atoms. The highest BCUT2D eigenvalue weighted by molar-refractivity contribution is 6.05. The van der Waals surface area contributed by atoms with E-state index in [4.69, 9.17) is 5.73 Å². The highest BCUT2D eigenvalue weighted by Gasteiger charge is 2.40. The zero-order chi connectivity index (χ0) is 18.5. The van der Waals surface area contributed by atoms with Crippen LogP contribution >= 0.6 is 0 Å². The number of nitrogens with two attached hydrogens (primary N) is 1. The third kappa shape index (κ3) is 3.01. The lowest BCUT2D eigenvalue weighted by molar-refractivity contribution is -0.136. The molecular formula is C19H24N4O3. The fourth-order valence-corrected chi connectivity index (χ4v) is 4.28. The lowest BCUT2D eigenvalue weighted by atomic mass is 10.0. The second-order valence-electron chi connectivity index (χ2n) is 7.97. The number of nitrogens with one attached hydrogen (secondary N) is 1. The predicted octanol–water partition coefficient (Wildman–Crippen LogP) is 0.371. The van der Waals surface area contributed by atoms with Crippen LogP contribution in [0.25, 0.3) is 0 Å². The Hall–Kier alpha value is -2.25. The van der Waals surface area contributed by atoms with Crippen molar-refractivity contribution in [2.24, 2.45) is 5.73 Å². The molecule has 0 aliphatic carbocycles. The molecule has 3 amide bonds. The van der Waals surface area contributed by atoms with E-state index in [9.17, 15) is 14.4 Å². The maximum Gasteiger partial charge on any atom is 0.255 e. The first-order chi connectivity index (χ1) is 12.3. The maximum atomic E-state index is 13.1. The second kappa shape index (κ2) is 6.17. The van der Waals surface area contributed by atoms with Crippen LogP contribution in [0.4, 0.5) is 0 Å². The van der Waals surface area contributed by atoms with Crippen molar-refractivity contribution in [3.05, 3.63) is 34.9 Å². The van der Waals surface area contributed by atoms with Crippen LogP contribution in [0, 0.1) is 0 Å².